The molecule has 0 unspecified atom stereocenters. The number of para-hydroxylation sites is 1. The molecule has 0 saturated heterocycles. The second-order valence-electron chi connectivity index (χ2n) is 4.78. The minimum absolute atomic E-state index is 0.0519. The predicted molar refractivity (Wildman–Crippen MR) is 74.4 cm³/mol. The quantitative estimate of drug-likeness (QED) is 0.751. The molecule has 0 aromatic heterocycles. The molecule has 0 spiro atoms. The summed E-state index contributed by atoms with van der Waals surface area (Å²) in [5, 5.41) is 12.6. The van der Waals surface area contributed by atoms with Crippen LogP contribution >= 0.6 is 15.9 Å². The molecular formula is C13H17BrN2O2. The van der Waals surface area contributed by atoms with Crippen molar-refractivity contribution in [3.63, 3.8) is 0 Å². The van der Waals surface area contributed by atoms with Crippen LogP contribution in [0.1, 0.15) is 25.7 Å². The van der Waals surface area contributed by atoms with Crippen LogP contribution in [0.25, 0.3) is 0 Å². The second-order valence-corrected chi connectivity index (χ2v) is 5.64. The Morgan fingerprint density at radius 3 is 2.72 bits per heavy atom. The molecule has 1 aromatic carbocycles. The molecule has 1 fully saturated rings. The summed E-state index contributed by atoms with van der Waals surface area (Å²) in [6, 6.07) is 5.17. The van der Waals surface area contributed by atoms with Crippen molar-refractivity contribution in [2.45, 2.75) is 25.7 Å². The molecule has 1 aliphatic rings. The molecule has 4 N–H and O–H groups in total. The van der Waals surface area contributed by atoms with Crippen LogP contribution in [0.2, 0.25) is 0 Å². The molecule has 18 heavy (non-hydrogen) atoms. The number of carbonyl (C=O) groups excluding carboxylic acids is 1. The van der Waals surface area contributed by atoms with Crippen LogP contribution < -0.4 is 11.1 Å². The lowest BCUT2D eigenvalue weighted by atomic mass is 9.85. The number of anilines is 1. The zero-order chi connectivity index (χ0) is 13.2. The van der Waals surface area contributed by atoms with Crippen molar-refractivity contribution in [2.24, 2.45) is 11.1 Å². The van der Waals surface area contributed by atoms with Gasteiger partial charge in [0.15, 0.2) is 5.75 Å². The highest BCUT2D eigenvalue weighted by Crippen LogP contribution is 2.39. The van der Waals surface area contributed by atoms with Gasteiger partial charge in [0, 0.05) is 6.54 Å². The fraction of sp³-hybridized carbons (Fsp3) is 0.462. The highest BCUT2D eigenvalue weighted by molar-refractivity contribution is 9.10. The number of nitrogens with two attached hydrogens (primary N) is 1. The highest BCUT2D eigenvalue weighted by Gasteiger charge is 2.40. The molecule has 4 nitrogen and oxygen atoms in total. The van der Waals surface area contributed by atoms with Gasteiger partial charge in [0.25, 0.3) is 0 Å². The number of hydrogen-bond acceptors (Lipinski definition) is 3. The number of hydrogen-bond donors (Lipinski definition) is 3. The van der Waals surface area contributed by atoms with E-state index in [1.165, 1.54) is 0 Å². The van der Waals surface area contributed by atoms with Gasteiger partial charge >= 0.3 is 0 Å². The van der Waals surface area contributed by atoms with Crippen LogP contribution in [0.15, 0.2) is 22.7 Å². The smallest absolute Gasteiger partial charge is 0.231 e. The number of phenols is 1. The molecule has 0 heterocycles. The first-order chi connectivity index (χ1) is 8.59. The van der Waals surface area contributed by atoms with Gasteiger partial charge in [-0.1, -0.05) is 18.9 Å². The molecule has 0 aliphatic heterocycles. The Morgan fingerprint density at radius 2 is 2.11 bits per heavy atom. The summed E-state index contributed by atoms with van der Waals surface area (Å²) in [7, 11) is 0. The third-order valence-electron chi connectivity index (χ3n) is 3.67. The maximum absolute atomic E-state index is 12.3. The molecule has 1 aromatic rings. The Bertz CT molecular complexity index is 456. The first kappa shape index (κ1) is 13.4. The number of benzene rings is 1. The van der Waals surface area contributed by atoms with E-state index < -0.39 is 5.41 Å². The minimum atomic E-state index is -0.464. The molecule has 0 atom stereocenters. The fourth-order valence-electron chi connectivity index (χ4n) is 2.45. The maximum Gasteiger partial charge on any atom is 0.231 e. The zero-order valence-corrected chi connectivity index (χ0v) is 11.7. The van der Waals surface area contributed by atoms with Crippen molar-refractivity contribution in [3.8, 4) is 5.75 Å². The van der Waals surface area contributed by atoms with Gasteiger partial charge in [0.2, 0.25) is 5.91 Å². The summed E-state index contributed by atoms with van der Waals surface area (Å²) >= 11 is 3.22. The van der Waals surface area contributed by atoms with Crippen LogP contribution in [-0.4, -0.2) is 17.6 Å². The number of phenolic OH excluding ortho intramolecular Hbond substituents is 1. The van der Waals surface area contributed by atoms with Gasteiger partial charge in [-0.2, -0.15) is 0 Å². The van der Waals surface area contributed by atoms with Crippen molar-refractivity contribution >= 4 is 27.5 Å². The van der Waals surface area contributed by atoms with Crippen molar-refractivity contribution in [3.05, 3.63) is 22.7 Å². The number of nitrogens with one attached hydrogen (secondary N) is 1. The van der Waals surface area contributed by atoms with Gasteiger partial charge in [-0.15, -0.1) is 0 Å². The largest absolute Gasteiger partial charge is 0.505 e. The van der Waals surface area contributed by atoms with E-state index in [2.05, 4.69) is 21.2 Å². The Morgan fingerprint density at radius 1 is 1.44 bits per heavy atom. The molecule has 0 bridgehead atoms. The summed E-state index contributed by atoms with van der Waals surface area (Å²) in [6.45, 7) is 0.355. The van der Waals surface area contributed by atoms with Crippen LogP contribution in [0.3, 0.4) is 0 Å². The van der Waals surface area contributed by atoms with E-state index in [1.807, 2.05) is 0 Å². The van der Waals surface area contributed by atoms with E-state index >= 15 is 0 Å². The third-order valence-corrected chi connectivity index (χ3v) is 4.31. The molecule has 5 heteroatoms. The Labute approximate surface area is 115 Å². The minimum Gasteiger partial charge on any atom is -0.505 e. The monoisotopic (exact) mass is 312 g/mol. The summed E-state index contributed by atoms with van der Waals surface area (Å²) in [5.74, 6) is -0.0353. The summed E-state index contributed by atoms with van der Waals surface area (Å²) in [4.78, 5) is 12.3. The van der Waals surface area contributed by atoms with Crippen LogP contribution in [0.5, 0.6) is 5.75 Å². The van der Waals surface area contributed by atoms with Gasteiger partial charge in [0.05, 0.1) is 15.6 Å². The van der Waals surface area contributed by atoms with E-state index in [1.54, 1.807) is 18.2 Å². The van der Waals surface area contributed by atoms with E-state index in [0.29, 0.717) is 16.7 Å². The van der Waals surface area contributed by atoms with Gasteiger partial charge < -0.3 is 16.2 Å². The normalized spacial score (nSPS) is 17.7. The lowest BCUT2D eigenvalue weighted by molar-refractivity contribution is -0.124. The van der Waals surface area contributed by atoms with Crippen molar-refractivity contribution in [1.29, 1.82) is 0 Å². The molecular weight excluding hydrogens is 296 g/mol. The average molecular weight is 313 g/mol. The van der Waals surface area contributed by atoms with E-state index in [4.69, 9.17) is 5.73 Å². The molecule has 1 aliphatic carbocycles. The summed E-state index contributed by atoms with van der Waals surface area (Å²) in [6.07, 6.45) is 3.72. The topological polar surface area (TPSA) is 75.4 Å². The van der Waals surface area contributed by atoms with E-state index in [-0.39, 0.29) is 11.7 Å². The van der Waals surface area contributed by atoms with Crippen LogP contribution in [-0.2, 0) is 4.79 Å². The van der Waals surface area contributed by atoms with E-state index in [0.717, 1.165) is 25.7 Å². The fourth-order valence-corrected chi connectivity index (χ4v) is 2.81. The number of rotatable bonds is 3. The molecule has 1 saturated carbocycles. The standard InChI is InChI=1S/C13H17BrN2O2/c14-9-4-3-5-10(11(9)17)16-12(18)13(8-15)6-1-2-7-13/h3-5,17H,1-2,6-8,15H2,(H,16,18). The molecule has 98 valence electrons. The van der Waals surface area contributed by atoms with Gasteiger partial charge in [-0.25, -0.2) is 0 Å². The zero-order valence-electron chi connectivity index (χ0n) is 10.1. The number of aromatic hydroxyl groups is 1. The Hall–Kier alpha value is -1.07. The summed E-state index contributed by atoms with van der Waals surface area (Å²) in [5.41, 5.74) is 5.72. The van der Waals surface area contributed by atoms with Gasteiger partial charge in [0.1, 0.15) is 0 Å². The van der Waals surface area contributed by atoms with Crippen molar-refractivity contribution in [2.75, 3.05) is 11.9 Å². The highest BCUT2D eigenvalue weighted by atomic mass is 79.9. The lowest BCUT2D eigenvalue weighted by Gasteiger charge is -2.26. The van der Waals surface area contributed by atoms with Crippen LogP contribution in [0, 0.1) is 5.41 Å². The Balaban J connectivity index is 2.18. The predicted octanol–water partition coefficient (Wildman–Crippen LogP) is 2.61. The number of carbonyl (C=O) groups is 1. The van der Waals surface area contributed by atoms with Gasteiger partial charge in [-0.3, -0.25) is 4.79 Å². The van der Waals surface area contributed by atoms with Crippen LogP contribution in [0.4, 0.5) is 5.69 Å². The number of amides is 1. The van der Waals surface area contributed by atoms with Crippen molar-refractivity contribution in [1.82, 2.24) is 0 Å². The first-order valence-corrected chi connectivity index (χ1v) is 6.87. The first-order valence-electron chi connectivity index (χ1n) is 6.08. The second kappa shape index (κ2) is 5.28. The molecule has 1 amide bonds. The molecule has 0 radical (unpaired) electrons. The van der Waals surface area contributed by atoms with Crippen molar-refractivity contribution < 1.29 is 9.90 Å². The SMILES string of the molecule is NCC1(C(=O)Nc2cccc(Br)c2O)CCCC1. The average Bonchev–Trinajstić information content (AvgIpc) is 2.85. The number of halogens is 1. The maximum atomic E-state index is 12.3. The Kier molecular flexibility index (Phi) is 3.92. The lowest BCUT2D eigenvalue weighted by Crippen LogP contribution is -2.40. The van der Waals surface area contributed by atoms with Gasteiger partial charge in [-0.05, 0) is 40.9 Å². The van der Waals surface area contributed by atoms with E-state index in [9.17, 15) is 9.90 Å². The summed E-state index contributed by atoms with van der Waals surface area (Å²) < 4.78 is 0.563. The third kappa shape index (κ3) is 2.37. The molecule has 2 rings (SSSR count).